The van der Waals surface area contributed by atoms with E-state index in [0.29, 0.717) is 19.0 Å². The highest BCUT2D eigenvalue weighted by atomic mass is 16.7. The fourth-order valence-corrected chi connectivity index (χ4v) is 2.69. The summed E-state index contributed by atoms with van der Waals surface area (Å²) in [4.78, 5) is 10.9. The lowest BCUT2D eigenvalue weighted by Gasteiger charge is -2.40. The highest BCUT2D eigenvalue weighted by Gasteiger charge is 2.51. The molecule has 0 aromatic heterocycles. The average Bonchev–Trinajstić information content (AvgIpc) is 2.70. The molecule has 2 aliphatic heterocycles. The van der Waals surface area contributed by atoms with Crippen molar-refractivity contribution >= 4 is 18.7 Å². The van der Waals surface area contributed by atoms with E-state index < -0.39 is 18.8 Å². The minimum Gasteiger partial charge on any atom is -0.491 e. The maximum Gasteiger partial charge on any atom is 0.494 e. The molecule has 0 spiro atoms. The van der Waals surface area contributed by atoms with Gasteiger partial charge in [0, 0.05) is 0 Å². The highest BCUT2D eigenvalue weighted by molar-refractivity contribution is 6.62. The minimum atomic E-state index is -1.08. The van der Waals surface area contributed by atoms with Crippen LogP contribution in [0.2, 0.25) is 0 Å². The number of hydrogen-bond donors (Lipinski definition) is 2. The second-order valence-electron chi connectivity index (χ2n) is 7.65. The van der Waals surface area contributed by atoms with Crippen LogP contribution in [0.3, 0.4) is 0 Å². The van der Waals surface area contributed by atoms with Crippen molar-refractivity contribution in [2.75, 3.05) is 19.8 Å². The molecule has 0 unspecified atom stereocenters. The Morgan fingerprint density at radius 1 is 1.16 bits per heavy atom. The van der Waals surface area contributed by atoms with Gasteiger partial charge in [0.1, 0.15) is 17.9 Å². The van der Waals surface area contributed by atoms with E-state index in [1.165, 1.54) is 0 Å². The standard InChI is InChI=1S/C17H24BNO6/c1-15(2)16(3,4)25-18(24-15)12-5-7-13(8-6-12)23-11-17(9-22-10-17)19-14(20)21/h5-8,19H,9-11H2,1-4H3,(H,20,21). The summed E-state index contributed by atoms with van der Waals surface area (Å²) in [5, 5.41) is 11.4. The second kappa shape index (κ2) is 6.19. The van der Waals surface area contributed by atoms with E-state index in [1.807, 2.05) is 52.0 Å². The van der Waals surface area contributed by atoms with Gasteiger partial charge in [-0.05, 0) is 45.3 Å². The molecule has 0 aliphatic carbocycles. The zero-order chi connectivity index (χ0) is 18.3. The summed E-state index contributed by atoms with van der Waals surface area (Å²) >= 11 is 0. The third-order valence-corrected chi connectivity index (χ3v) is 5.05. The molecular formula is C17H24BNO6. The number of benzene rings is 1. The van der Waals surface area contributed by atoms with Crippen molar-refractivity contribution in [2.45, 2.75) is 44.4 Å². The molecule has 1 aromatic carbocycles. The van der Waals surface area contributed by atoms with Crippen LogP contribution in [0, 0.1) is 0 Å². The van der Waals surface area contributed by atoms with Crippen LogP contribution < -0.4 is 15.5 Å². The van der Waals surface area contributed by atoms with E-state index in [9.17, 15) is 4.79 Å². The maximum atomic E-state index is 10.9. The number of ether oxygens (including phenoxy) is 2. The monoisotopic (exact) mass is 349 g/mol. The average molecular weight is 349 g/mol. The van der Waals surface area contributed by atoms with Crippen molar-refractivity contribution in [3.63, 3.8) is 0 Å². The van der Waals surface area contributed by atoms with E-state index in [4.69, 9.17) is 23.9 Å². The molecule has 3 rings (SSSR count). The van der Waals surface area contributed by atoms with Gasteiger partial charge in [-0.1, -0.05) is 12.1 Å². The summed E-state index contributed by atoms with van der Waals surface area (Å²) in [6, 6.07) is 7.45. The van der Waals surface area contributed by atoms with Gasteiger partial charge in [-0.25, -0.2) is 4.79 Å². The molecule has 0 saturated carbocycles. The summed E-state index contributed by atoms with van der Waals surface area (Å²) in [7, 11) is -0.417. The van der Waals surface area contributed by atoms with Gasteiger partial charge in [-0.15, -0.1) is 0 Å². The Hall–Kier alpha value is -1.77. The lowest BCUT2D eigenvalue weighted by atomic mass is 9.79. The predicted octanol–water partition coefficient (Wildman–Crippen LogP) is 1.40. The fourth-order valence-electron chi connectivity index (χ4n) is 2.69. The van der Waals surface area contributed by atoms with Gasteiger partial charge < -0.3 is 29.2 Å². The number of hydrogen-bond acceptors (Lipinski definition) is 5. The zero-order valence-electron chi connectivity index (χ0n) is 15.0. The van der Waals surface area contributed by atoms with Crippen molar-refractivity contribution in [1.29, 1.82) is 0 Å². The van der Waals surface area contributed by atoms with Crippen LogP contribution in [0.5, 0.6) is 5.75 Å². The molecule has 0 radical (unpaired) electrons. The first-order valence-corrected chi connectivity index (χ1v) is 8.30. The van der Waals surface area contributed by atoms with Gasteiger partial charge in [-0.2, -0.15) is 0 Å². The molecule has 25 heavy (non-hydrogen) atoms. The van der Waals surface area contributed by atoms with Gasteiger partial charge in [0.2, 0.25) is 0 Å². The first-order chi connectivity index (χ1) is 11.6. The number of rotatable bonds is 5. The summed E-state index contributed by atoms with van der Waals surface area (Å²) in [5.74, 6) is 0.652. The SMILES string of the molecule is CC1(C)OB(c2ccc(OCC3(NC(=O)O)COC3)cc2)OC1(C)C. The second-order valence-corrected chi connectivity index (χ2v) is 7.65. The molecule has 8 heteroatoms. The molecule has 0 atom stereocenters. The van der Waals surface area contributed by atoms with Gasteiger partial charge in [0.25, 0.3) is 0 Å². The molecule has 136 valence electrons. The Labute approximate surface area is 147 Å². The van der Waals surface area contributed by atoms with Crippen LogP contribution in [0.15, 0.2) is 24.3 Å². The van der Waals surface area contributed by atoms with Crippen molar-refractivity contribution < 1.29 is 28.7 Å². The maximum absolute atomic E-state index is 10.9. The van der Waals surface area contributed by atoms with Crippen LogP contribution in [0.1, 0.15) is 27.7 Å². The number of amides is 1. The normalized spacial score (nSPS) is 23.0. The summed E-state index contributed by atoms with van der Waals surface area (Å²) < 4.78 is 22.9. The minimum absolute atomic E-state index is 0.217. The van der Waals surface area contributed by atoms with E-state index in [2.05, 4.69) is 5.32 Å². The van der Waals surface area contributed by atoms with Crippen molar-refractivity contribution in [1.82, 2.24) is 5.32 Å². The van der Waals surface area contributed by atoms with Crippen LogP contribution in [0.4, 0.5) is 4.79 Å². The molecule has 1 amide bonds. The zero-order valence-corrected chi connectivity index (χ0v) is 15.0. The van der Waals surface area contributed by atoms with E-state index >= 15 is 0 Å². The summed E-state index contributed by atoms with van der Waals surface area (Å²) in [6.45, 7) is 8.89. The number of carboxylic acid groups (broad SMARTS) is 1. The van der Waals surface area contributed by atoms with Gasteiger partial charge in [0.05, 0.1) is 24.4 Å². The third kappa shape index (κ3) is 3.61. The molecule has 2 fully saturated rings. The Morgan fingerprint density at radius 2 is 1.72 bits per heavy atom. The van der Waals surface area contributed by atoms with E-state index in [-0.39, 0.29) is 17.8 Å². The van der Waals surface area contributed by atoms with Crippen LogP contribution in [-0.4, -0.2) is 54.9 Å². The topological polar surface area (TPSA) is 86.3 Å². The smallest absolute Gasteiger partial charge is 0.491 e. The van der Waals surface area contributed by atoms with Crippen molar-refractivity contribution in [3.8, 4) is 5.75 Å². The Bertz CT molecular complexity index is 625. The van der Waals surface area contributed by atoms with E-state index in [0.717, 1.165) is 5.46 Å². The molecular weight excluding hydrogens is 325 g/mol. The number of carbonyl (C=O) groups is 1. The molecule has 2 heterocycles. The Morgan fingerprint density at radius 3 is 2.16 bits per heavy atom. The molecule has 0 bridgehead atoms. The lowest BCUT2D eigenvalue weighted by Crippen LogP contribution is -2.65. The first kappa shape index (κ1) is 18.0. The number of nitrogens with one attached hydrogen (secondary N) is 1. The quantitative estimate of drug-likeness (QED) is 0.782. The molecule has 2 saturated heterocycles. The van der Waals surface area contributed by atoms with Gasteiger partial charge in [-0.3, -0.25) is 0 Å². The summed E-state index contributed by atoms with van der Waals surface area (Å²) in [5.41, 5.74) is -0.523. The van der Waals surface area contributed by atoms with E-state index in [1.54, 1.807) is 0 Å². The first-order valence-electron chi connectivity index (χ1n) is 8.30. The lowest BCUT2D eigenvalue weighted by molar-refractivity contribution is -0.0885. The Kier molecular flexibility index (Phi) is 4.47. The third-order valence-electron chi connectivity index (χ3n) is 5.05. The van der Waals surface area contributed by atoms with Gasteiger partial charge >= 0.3 is 13.2 Å². The van der Waals surface area contributed by atoms with Crippen LogP contribution in [0.25, 0.3) is 0 Å². The largest absolute Gasteiger partial charge is 0.494 e. The molecule has 7 nitrogen and oxygen atoms in total. The summed E-state index contributed by atoms with van der Waals surface area (Å²) in [6.07, 6.45) is -1.08. The molecule has 2 N–H and O–H groups in total. The highest BCUT2D eigenvalue weighted by Crippen LogP contribution is 2.36. The van der Waals surface area contributed by atoms with Crippen molar-refractivity contribution in [2.24, 2.45) is 0 Å². The fraction of sp³-hybridized carbons (Fsp3) is 0.588. The van der Waals surface area contributed by atoms with Crippen LogP contribution >= 0.6 is 0 Å². The van der Waals surface area contributed by atoms with Gasteiger partial charge in [0.15, 0.2) is 0 Å². The predicted molar refractivity (Wildman–Crippen MR) is 92.4 cm³/mol. The Balaban J connectivity index is 1.61. The molecule has 2 aliphatic rings. The van der Waals surface area contributed by atoms with Crippen LogP contribution in [-0.2, 0) is 14.0 Å². The van der Waals surface area contributed by atoms with Crippen molar-refractivity contribution in [3.05, 3.63) is 24.3 Å². The molecule has 1 aromatic rings.